The van der Waals surface area contributed by atoms with Crippen molar-refractivity contribution in [3.63, 3.8) is 0 Å². The highest BCUT2D eigenvalue weighted by Gasteiger charge is 2.19. The summed E-state index contributed by atoms with van der Waals surface area (Å²) in [6.45, 7) is 6.36. The molecule has 1 N–H and O–H groups in total. The first-order valence-corrected chi connectivity index (χ1v) is 6.73. The molecule has 112 valence electrons. The minimum Gasteiger partial charge on any atom is -0.484 e. The van der Waals surface area contributed by atoms with Crippen LogP contribution in [0.5, 0.6) is 5.75 Å². The zero-order chi connectivity index (χ0) is 15.5. The van der Waals surface area contributed by atoms with E-state index in [0.717, 1.165) is 5.76 Å². The maximum Gasteiger partial charge on any atom is 0.307 e. The number of hydrogen-bond acceptors (Lipinski definition) is 4. The van der Waals surface area contributed by atoms with Gasteiger partial charge in [-0.15, -0.1) is 0 Å². The van der Waals surface area contributed by atoms with Gasteiger partial charge in [0.05, 0.1) is 12.6 Å². The Morgan fingerprint density at radius 3 is 2.76 bits per heavy atom. The predicted octanol–water partition coefficient (Wildman–Crippen LogP) is 3.18. The minimum absolute atomic E-state index is 0.0234. The topological polar surface area (TPSA) is 72.6 Å². The molecule has 2 rings (SSSR count). The smallest absolute Gasteiger partial charge is 0.307 e. The van der Waals surface area contributed by atoms with Crippen LogP contribution in [0.3, 0.4) is 0 Å². The fraction of sp³-hybridized carbons (Fsp3) is 0.375. The maximum atomic E-state index is 10.7. The third-order valence-electron chi connectivity index (χ3n) is 2.91. The molecule has 1 aromatic carbocycles. The third kappa shape index (κ3) is 4.34. The number of ether oxygens (including phenoxy) is 1. The van der Waals surface area contributed by atoms with E-state index in [0.29, 0.717) is 17.2 Å². The summed E-state index contributed by atoms with van der Waals surface area (Å²) in [5, 5.41) is 8.78. The average molecular weight is 289 g/mol. The Kier molecular flexibility index (Phi) is 4.31. The predicted molar refractivity (Wildman–Crippen MR) is 77.3 cm³/mol. The molecule has 0 bridgehead atoms. The van der Waals surface area contributed by atoms with E-state index in [1.165, 1.54) is 0 Å². The molecule has 0 atom stereocenters. The van der Waals surface area contributed by atoms with Gasteiger partial charge < -0.3 is 14.3 Å². The molecule has 0 saturated heterocycles. The van der Waals surface area contributed by atoms with Crippen LogP contribution in [0, 0.1) is 0 Å². The lowest BCUT2D eigenvalue weighted by Crippen LogP contribution is -2.09. The molecule has 2 aromatic rings. The summed E-state index contributed by atoms with van der Waals surface area (Å²) in [4.78, 5) is 14.9. The summed E-state index contributed by atoms with van der Waals surface area (Å²) in [5.74, 6) is 1.04. The van der Waals surface area contributed by atoms with E-state index in [4.69, 9.17) is 14.3 Å². The lowest BCUT2D eigenvalue weighted by atomic mass is 9.94. The van der Waals surface area contributed by atoms with Crippen LogP contribution in [0.2, 0.25) is 0 Å². The molecule has 0 spiro atoms. The SMILES string of the molecule is CC(C)(C)c1cnc(COc2cccc(CC(=O)O)c2)o1. The van der Waals surface area contributed by atoms with Gasteiger partial charge in [0.2, 0.25) is 5.89 Å². The van der Waals surface area contributed by atoms with E-state index in [9.17, 15) is 4.79 Å². The number of carboxylic acids is 1. The molecule has 0 saturated carbocycles. The largest absolute Gasteiger partial charge is 0.484 e. The second-order valence-corrected chi connectivity index (χ2v) is 5.87. The van der Waals surface area contributed by atoms with E-state index < -0.39 is 5.97 Å². The Morgan fingerprint density at radius 1 is 1.38 bits per heavy atom. The molecule has 0 aliphatic heterocycles. The summed E-state index contributed by atoms with van der Waals surface area (Å²) in [5.41, 5.74) is 0.606. The van der Waals surface area contributed by atoms with E-state index in [2.05, 4.69) is 4.98 Å². The van der Waals surface area contributed by atoms with Crippen molar-refractivity contribution in [2.45, 2.75) is 39.2 Å². The number of nitrogens with zero attached hydrogens (tertiary/aromatic N) is 1. The zero-order valence-electron chi connectivity index (χ0n) is 12.4. The maximum absolute atomic E-state index is 10.7. The number of oxazole rings is 1. The lowest BCUT2D eigenvalue weighted by molar-refractivity contribution is -0.136. The monoisotopic (exact) mass is 289 g/mol. The van der Waals surface area contributed by atoms with Crippen molar-refractivity contribution in [1.29, 1.82) is 0 Å². The zero-order valence-corrected chi connectivity index (χ0v) is 12.4. The molecule has 5 nitrogen and oxygen atoms in total. The number of hydrogen-bond donors (Lipinski definition) is 1. The number of aromatic nitrogens is 1. The van der Waals surface area contributed by atoms with E-state index >= 15 is 0 Å². The second-order valence-electron chi connectivity index (χ2n) is 5.87. The highest BCUT2D eigenvalue weighted by atomic mass is 16.5. The molecule has 1 heterocycles. The minimum atomic E-state index is -0.866. The van der Waals surface area contributed by atoms with Crippen LogP contribution < -0.4 is 4.74 Å². The van der Waals surface area contributed by atoms with Gasteiger partial charge in [0.15, 0.2) is 6.61 Å². The summed E-state index contributed by atoms with van der Waals surface area (Å²) < 4.78 is 11.2. The van der Waals surface area contributed by atoms with Gasteiger partial charge in [0, 0.05) is 5.41 Å². The van der Waals surface area contributed by atoms with Crippen LogP contribution in [0.4, 0.5) is 0 Å². The standard InChI is InChI=1S/C16H19NO4/c1-16(2,3)13-9-17-14(21-13)10-20-12-6-4-5-11(7-12)8-15(18)19/h4-7,9H,8,10H2,1-3H3,(H,18,19). The first-order valence-electron chi connectivity index (χ1n) is 6.73. The molecule has 5 heteroatoms. The highest BCUT2D eigenvalue weighted by molar-refractivity contribution is 5.70. The first kappa shape index (κ1) is 15.1. The molecule has 0 aliphatic carbocycles. The van der Waals surface area contributed by atoms with E-state index in [1.54, 1.807) is 30.5 Å². The highest BCUT2D eigenvalue weighted by Crippen LogP contribution is 2.23. The van der Waals surface area contributed by atoms with Gasteiger partial charge in [0.25, 0.3) is 0 Å². The Labute approximate surface area is 123 Å². The van der Waals surface area contributed by atoms with Gasteiger partial charge in [0.1, 0.15) is 11.5 Å². The van der Waals surface area contributed by atoms with Crippen molar-refractivity contribution in [2.24, 2.45) is 0 Å². The van der Waals surface area contributed by atoms with E-state index in [-0.39, 0.29) is 18.4 Å². The van der Waals surface area contributed by atoms with Crippen molar-refractivity contribution in [1.82, 2.24) is 4.98 Å². The fourth-order valence-corrected chi connectivity index (χ4v) is 1.79. The quantitative estimate of drug-likeness (QED) is 0.915. The fourth-order valence-electron chi connectivity index (χ4n) is 1.79. The van der Waals surface area contributed by atoms with Gasteiger partial charge in [-0.25, -0.2) is 4.98 Å². The lowest BCUT2D eigenvalue weighted by Gasteiger charge is -2.13. The Balaban J connectivity index is 2.00. The van der Waals surface area contributed by atoms with Gasteiger partial charge in [-0.3, -0.25) is 4.79 Å². The summed E-state index contributed by atoms with van der Waals surface area (Å²) >= 11 is 0. The van der Waals surface area contributed by atoms with Gasteiger partial charge in [-0.05, 0) is 17.7 Å². The van der Waals surface area contributed by atoms with Crippen LogP contribution in [0.1, 0.15) is 38.0 Å². The number of carbonyl (C=O) groups is 1. The third-order valence-corrected chi connectivity index (χ3v) is 2.91. The molecule has 0 radical (unpaired) electrons. The number of aliphatic carboxylic acids is 1. The number of rotatable bonds is 5. The number of carboxylic acid groups (broad SMARTS) is 1. The van der Waals surface area contributed by atoms with Crippen LogP contribution >= 0.6 is 0 Å². The second kappa shape index (κ2) is 5.99. The van der Waals surface area contributed by atoms with Crippen LogP contribution in [-0.4, -0.2) is 16.1 Å². The van der Waals surface area contributed by atoms with Crippen molar-refractivity contribution in [2.75, 3.05) is 0 Å². The average Bonchev–Trinajstić information content (AvgIpc) is 2.84. The molecule has 1 aromatic heterocycles. The van der Waals surface area contributed by atoms with Gasteiger partial charge >= 0.3 is 5.97 Å². The van der Waals surface area contributed by atoms with Crippen molar-refractivity contribution >= 4 is 5.97 Å². The normalized spacial score (nSPS) is 11.4. The molecule has 0 aliphatic rings. The molecule has 0 fully saturated rings. The van der Waals surface area contributed by atoms with Gasteiger partial charge in [-0.1, -0.05) is 32.9 Å². The molecule has 0 unspecified atom stereocenters. The van der Waals surface area contributed by atoms with Crippen molar-refractivity contribution < 1.29 is 19.1 Å². The van der Waals surface area contributed by atoms with Crippen molar-refractivity contribution in [3.05, 3.63) is 47.7 Å². The van der Waals surface area contributed by atoms with Crippen LogP contribution in [0.15, 0.2) is 34.9 Å². The van der Waals surface area contributed by atoms with Gasteiger partial charge in [-0.2, -0.15) is 0 Å². The number of benzene rings is 1. The molecular weight excluding hydrogens is 270 g/mol. The van der Waals surface area contributed by atoms with Crippen LogP contribution in [-0.2, 0) is 23.2 Å². The molecular formula is C16H19NO4. The Morgan fingerprint density at radius 2 is 2.14 bits per heavy atom. The Bertz CT molecular complexity index is 625. The summed E-state index contributed by atoms with van der Waals surface area (Å²) in [7, 11) is 0. The van der Waals surface area contributed by atoms with E-state index in [1.807, 2.05) is 20.8 Å². The van der Waals surface area contributed by atoms with Crippen LogP contribution in [0.25, 0.3) is 0 Å². The molecule has 21 heavy (non-hydrogen) atoms. The summed E-state index contributed by atoms with van der Waals surface area (Å²) in [6.07, 6.45) is 1.68. The van der Waals surface area contributed by atoms with Crippen molar-refractivity contribution in [3.8, 4) is 5.75 Å². The first-order chi connectivity index (χ1) is 9.84. The summed E-state index contributed by atoms with van der Waals surface area (Å²) in [6, 6.07) is 7.01. The molecule has 0 amide bonds. The Hall–Kier alpha value is -2.30.